The zero-order chi connectivity index (χ0) is 14.9. The van der Waals surface area contributed by atoms with Crippen LogP contribution in [0.2, 0.25) is 0 Å². The third-order valence-electron chi connectivity index (χ3n) is 4.45. The molecule has 2 N–H and O–H groups in total. The molecule has 1 aromatic carbocycles. The monoisotopic (exact) mass is 285 g/mol. The molecular formula is C17H23N3O. The van der Waals surface area contributed by atoms with E-state index in [1.807, 2.05) is 6.07 Å². The third-order valence-corrected chi connectivity index (χ3v) is 4.45. The molecule has 0 amide bonds. The Morgan fingerprint density at radius 2 is 1.95 bits per heavy atom. The van der Waals surface area contributed by atoms with E-state index < -0.39 is 0 Å². The summed E-state index contributed by atoms with van der Waals surface area (Å²) in [6, 6.07) is 10.3. The minimum Gasteiger partial charge on any atom is -0.338 e. The molecule has 1 atom stereocenters. The van der Waals surface area contributed by atoms with Crippen LogP contribution < -0.4 is 5.73 Å². The Bertz CT molecular complexity index is 587. The number of rotatable bonds is 5. The van der Waals surface area contributed by atoms with Gasteiger partial charge in [0.2, 0.25) is 5.89 Å². The van der Waals surface area contributed by atoms with E-state index in [9.17, 15) is 0 Å². The second kappa shape index (κ2) is 5.60. The van der Waals surface area contributed by atoms with Crippen LogP contribution in [0.5, 0.6) is 0 Å². The smallest absolute Gasteiger partial charge is 0.243 e. The third kappa shape index (κ3) is 2.60. The molecule has 0 spiro atoms. The van der Waals surface area contributed by atoms with Gasteiger partial charge in [-0.05, 0) is 30.7 Å². The first-order valence-corrected chi connectivity index (χ1v) is 7.77. The van der Waals surface area contributed by atoms with Gasteiger partial charge in [0.15, 0.2) is 5.82 Å². The van der Waals surface area contributed by atoms with Gasteiger partial charge in [0.05, 0.1) is 11.5 Å². The quantitative estimate of drug-likeness (QED) is 0.911. The fourth-order valence-corrected chi connectivity index (χ4v) is 3.12. The first-order valence-electron chi connectivity index (χ1n) is 7.77. The normalized spacial score (nSPS) is 18.5. The zero-order valence-electron chi connectivity index (χ0n) is 12.7. The van der Waals surface area contributed by atoms with Gasteiger partial charge in [-0.2, -0.15) is 4.98 Å². The molecule has 0 bridgehead atoms. The van der Waals surface area contributed by atoms with E-state index in [0.29, 0.717) is 11.8 Å². The summed E-state index contributed by atoms with van der Waals surface area (Å²) in [4.78, 5) is 4.63. The van der Waals surface area contributed by atoms with Crippen LogP contribution in [0.1, 0.15) is 62.9 Å². The van der Waals surface area contributed by atoms with Gasteiger partial charge >= 0.3 is 0 Å². The summed E-state index contributed by atoms with van der Waals surface area (Å²) in [6.45, 7) is 4.29. The van der Waals surface area contributed by atoms with E-state index in [4.69, 9.17) is 10.3 Å². The molecule has 1 saturated carbocycles. The van der Waals surface area contributed by atoms with Crippen LogP contribution in [-0.2, 0) is 5.41 Å². The van der Waals surface area contributed by atoms with E-state index in [-0.39, 0.29) is 11.5 Å². The number of nitrogens with two attached hydrogens (primary N) is 1. The first-order chi connectivity index (χ1) is 10.1. The second-order valence-electron chi connectivity index (χ2n) is 6.49. The molecule has 0 aliphatic heterocycles. The lowest BCUT2D eigenvalue weighted by molar-refractivity contribution is 0.268. The molecule has 1 aliphatic carbocycles. The summed E-state index contributed by atoms with van der Waals surface area (Å²) in [7, 11) is 0. The molecule has 4 heteroatoms. The highest BCUT2D eigenvalue weighted by atomic mass is 16.5. The molecule has 1 heterocycles. The van der Waals surface area contributed by atoms with Gasteiger partial charge in [-0.25, -0.2) is 0 Å². The first kappa shape index (κ1) is 14.3. The van der Waals surface area contributed by atoms with E-state index in [1.54, 1.807) is 0 Å². The SMILES string of the molecule is CC(C)CC(N)c1nc(C2(c3ccccc3)CCC2)no1. The van der Waals surface area contributed by atoms with Crippen molar-refractivity contribution >= 4 is 0 Å². The van der Waals surface area contributed by atoms with Crippen LogP contribution in [0, 0.1) is 5.92 Å². The van der Waals surface area contributed by atoms with Crippen molar-refractivity contribution in [1.29, 1.82) is 0 Å². The van der Waals surface area contributed by atoms with Crippen LogP contribution in [0.3, 0.4) is 0 Å². The van der Waals surface area contributed by atoms with Crippen LogP contribution in [-0.4, -0.2) is 10.1 Å². The fraction of sp³-hybridized carbons (Fsp3) is 0.529. The lowest BCUT2D eigenvalue weighted by atomic mass is 9.64. The van der Waals surface area contributed by atoms with E-state index >= 15 is 0 Å². The van der Waals surface area contributed by atoms with Gasteiger partial charge in [0.1, 0.15) is 0 Å². The van der Waals surface area contributed by atoms with Gasteiger partial charge in [-0.15, -0.1) is 0 Å². The maximum absolute atomic E-state index is 6.15. The summed E-state index contributed by atoms with van der Waals surface area (Å²) in [6.07, 6.45) is 4.22. The van der Waals surface area contributed by atoms with Crippen LogP contribution in [0.4, 0.5) is 0 Å². The Balaban J connectivity index is 1.88. The van der Waals surface area contributed by atoms with E-state index in [1.165, 1.54) is 12.0 Å². The standard InChI is InChI=1S/C17H23N3O/c1-12(2)11-14(18)15-19-16(20-21-15)17(9-6-10-17)13-7-4-3-5-8-13/h3-5,7-8,12,14H,6,9-11,18H2,1-2H3. The average molecular weight is 285 g/mol. The molecule has 1 aromatic heterocycles. The summed E-state index contributed by atoms with van der Waals surface area (Å²) < 4.78 is 5.44. The maximum atomic E-state index is 6.15. The number of hydrogen-bond donors (Lipinski definition) is 1. The highest BCUT2D eigenvalue weighted by molar-refractivity contribution is 5.35. The number of benzene rings is 1. The molecule has 4 nitrogen and oxygen atoms in total. The van der Waals surface area contributed by atoms with E-state index in [2.05, 4.69) is 48.3 Å². The Morgan fingerprint density at radius 3 is 2.52 bits per heavy atom. The Morgan fingerprint density at radius 1 is 1.24 bits per heavy atom. The summed E-state index contributed by atoms with van der Waals surface area (Å²) in [5.74, 6) is 1.89. The van der Waals surface area contributed by atoms with Gasteiger partial charge < -0.3 is 10.3 Å². The predicted octanol–water partition coefficient (Wildman–Crippen LogP) is 3.59. The molecule has 1 aliphatic rings. The Labute approximate surface area is 125 Å². The summed E-state index contributed by atoms with van der Waals surface area (Å²) in [5.41, 5.74) is 7.36. The average Bonchev–Trinajstić information content (AvgIpc) is 2.88. The molecular weight excluding hydrogens is 262 g/mol. The van der Waals surface area contributed by atoms with Crippen molar-refractivity contribution in [2.24, 2.45) is 11.7 Å². The minimum absolute atomic E-state index is 0.0689. The van der Waals surface area contributed by atoms with Gasteiger partial charge in [0, 0.05) is 0 Å². The van der Waals surface area contributed by atoms with Gasteiger partial charge in [-0.1, -0.05) is 55.8 Å². The molecule has 2 aromatic rings. The van der Waals surface area contributed by atoms with Crippen molar-refractivity contribution in [3.8, 4) is 0 Å². The summed E-state index contributed by atoms with van der Waals surface area (Å²) >= 11 is 0. The molecule has 21 heavy (non-hydrogen) atoms. The van der Waals surface area contributed by atoms with Crippen LogP contribution >= 0.6 is 0 Å². The molecule has 112 valence electrons. The van der Waals surface area contributed by atoms with Crippen molar-refractivity contribution in [3.05, 3.63) is 47.6 Å². The number of aromatic nitrogens is 2. The van der Waals surface area contributed by atoms with Crippen molar-refractivity contribution in [1.82, 2.24) is 10.1 Å². The molecule has 0 radical (unpaired) electrons. The van der Waals surface area contributed by atoms with Crippen molar-refractivity contribution in [2.45, 2.75) is 51.0 Å². The van der Waals surface area contributed by atoms with Gasteiger partial charge in [-0.3, -0.25) is 0 Å². The molecule has 3 rings (SSSR count). The molecule has 0 saturated heterocycles. The largest absolute Gasteiger partial charge is 0.338 e. The Hall–Kier alpha value is -1.68. The van der Waals surface area contributed by atoms with Crippen molar-refractivity contribution in [2.75, 3.05) is 0 Å². The highest BCUT2D eigenvalue weighted by Crippen LogP contribution is 2.47. The van der Waals surface area contributed by atoms with Crippen molar-refractivity contribution < 1.29 is 4.52 Å². The Kier molecular flexibility index (Phi) is 3.81. The maximum Gasteiger partial charge on any atom is 0.243 e. The molecule has 1 fully saturated rings. The van der Waals surface area contributed by atoms with Gasteiger partial charge in [0.25, 0.3) is 0 Å². The predicted molar refractivity (Wildman–Crippen MR) is 81.8 cm³/mol. The zero-order valence-corrected chi connectivity index (χ0v) is 12.7. The molecule has 1 unspecified atom stereocenters. The van der Waals surface area contributed by atoms with Crippen molar-refractivity contribution in [3.63, 3.8) is 0 Å². The number of nitrogens with zero attached hydrogens (tertiary/aromatic N) is 2. The van der Waals surface area contributed by atoms with Crippen LogP contribution in [0.15, 0.2) is 34.9 Å². The topological polar surface area (TPSA) is 64.9 Å². The summed E-state index contributed by atoms with van der Waals surface area (Å²) in [5, 5.41) is 4.25. The lowest BCUT2D eigenvalue weighted by Crippen LogP contribution is -2.36. The van der Waals surface area contributed by atoms with E-state index in [0.717, 1.165) is 25.1 Å². The minimum atomic E-state index is -0.167. The second-order valence-corrected chi connectivity index (χ2v) is 6.49. The number of hydrogen-bond acceptors (Lipinski definition) is 4. The lowest BCUT2D eigenvalue weighted by Gasteiger charge is -2.39. The fourth-order valence-electron chi connectivity index (χ4n) is 3.12. The highest BCUT2D eigenvalue weighted by Gasteiger charge is 2.44. The van der Waals surface area contributed by atoms with Crippen LogP contribution in [0.25, 0.3) is 0 Å².